The number of aliphatic carboxylic acids is 1. The van der Waals surface area contributed by atoms with Crippen molar-refractivity contribution in [3.8, 4) is 0 Å². The summed E-state index contributed by atoms with van der Waals surface area (Å²) in [6.45, 7) is 3.79. The lowest BCUT2D eigenvalue weighted by Crippen LogP contribution is -2.56. The minimum absolute atomic E-state index is 0.0660. The highest BCUT2D eigenvalue weighted by atomic mass is 16.4. The normalized spacial score (nSPS) is 22.8. The number of carbonyl (C=O) groups excluding carboxylic acids is 1. The van der Waals surface area contributed by atoms with Gasteiger partial charge in [-0.05, 0) is 13.8 Å². The van der Waals surface area contributed by atoms with E-state index in [0.717, 1.165) is 0 Å². The van der Waals surface area contributed by atoms with Crippen molar-refractivity contribution in [1.29, 1.82) is 0 Å². The predicted molar refractivity (Wildman–Crippen MR) is 42.6 cm³/mol. The monoisotopic (exact) mass is 171 g/mol. The van der Waals surface area contributed by atoms with Gasteiger partial charge in [0.1, 0.15) is 0 Å². The highest BCUT2D eigenvalue weighted by Crippen LogP contribution is 2.24. The standard InChI is InChI=1S/C8H13NO3/c1-5(2)9-6(3-7(9)10)4-8(11)12/h5-6H,3-4H2,1-2H3,(H,11,12). The Hall–Kier alpha value is -1.06. The van der Waals surface area contributed by atoms with Crippen LogP contribution in [-0.2, 0) is 9.59 Å². The van der Waals surface area contributed by atoms with Gasteiger partial charge in [0, 0.05) is 12.5 Å². The number of likely N-dealkylation sites (tertiary alicyclic amines) is 1. The number of hydrogen-bond donors (Lipinski definition) is 1. The molecule has 0 radical (unpaired) electrons. The van der Waals surface area contributed by atoms with Crippen LogP contribution < -0.4 is 0 Å². The largest absolute Gasteiger partial charge is 0.481 e. The summed E-state index contributed by atoms with van der Waals surface area (Å²) in [6.07, 6.45) is 0.467. The maximum atomic E-state index is 11.0. The minimum atomic E-state index is -0.835. The fraction of sp³-hybridized carbons (Fsp3) is 0.750. The van der Waals surface area contributed by atoms with E-state index in [1.54, 1.807) is 4.90 Å². The minimum Gasteiger partial charge on any atom is -0.481 e. The van der Waals surface area contributed by atoms with E-state index in [-0.39, 0.29) is 24.4 Å². The maximum absolute atomic E-state index is 11.0. The summed E-state index contributed by atoms with van der Waals surface area (Å²) in [4.78, 5) is 23.0. The Morgan fingerprint density at radius 1 is 1.75 bits per heavy atom. The van der Waals surface area contributed by atoms with Crippen molar-refractivity contribution in [3.63, 3.8) is 0 Å². The molecule has 0 spiro atoms. The number of amides is 1. The van der Waals surface area contributed by atoms with Crippen LogP contribution in [0.5, 0.6) is 0 Å². The first kappa shape index (κ1) is 9.03. The molecule has 4 heteroatoms. The number of nitrogens with zero attached hydrogens (tertiary/aromatic N) is 1. The zero-order valence-corrected chi connectivity index (χ0v) is 7.28. The quantitative estimate of drug-likeness (QED) is 0.628. The predicted octanol–water partition coefficient (Wildman–Crippen LogP) is 0.470. The zero-order valence-electron chi connectivity index (χ0n) is 7.28. The lowest BCUT2D eigenvalue weighted by molar-refractivity contribution is -0.153. The van der Waals surface area contributed by atoms with Crippen LogP contribution in [-0.4, -0.2) is 34.0 Å². The Balaban J connectivity index is 2.48. The summed E-state index contributed by atoms with van der Waals surface area (Å²) in [7, 11) is 0. The highest BCUT2D eigenvalue weighted by molar-refractivity contribution is 5.85. The summed E-state index contributed by atoms with van der Waals surface area (Å²) in [5, 5.41) is 8.50. The molecule has 4 nitrogen and oxygen atoms in total. The fourth-order valence-electron chi connectivity index (χ4n) is 1.58. The van der Waals surface area contributed by atoms with E-state index in [2.05, 4.69) is 0 Å². The van der Waals surface area contributed by atoms with E-state index in [9.17, 15) is 9.59 Å². The van der Waals surface area contributed by atoms with Crippen LogP contribution in [0.15, 0.2) is 0 Å². The molecule has 0 bridgehead atoms. The molecule has 1 aliphatic heterocycles. The van der Waals surface area contributed by atoms with Crippen molar-refractivity contribution in [2.75, 3.05) is 0 Å². The summed E-state index contributed by atoms with van der Waals surface area (Å²) < 4.78 is 0. The summed E-state index contributed by atoms with van der Waals surface area (Å²) >= 11 is 0. The molecule has 12 heavy (non-hydrogen) atoms. The first-order chi connectivity index (χ1) is 5.52. The molecule has 0 aliphatic carbocycles. The summed E-state index contributed by atoms with van der Waals surface area (Å²) in [5.74, 6) is -0.769. The molecule has 1 fully saturated rings. The second-order valence-corrected chi connectivity index (χ2v) is 3.35. The van der Waals surface area contributed by atoms with Crippen LogP contribution in [0.25, 0.3) is 0 Å². The maximum Gasteiger partial charge on any atom is 0.305 e. The van der Waals surface area contributed by atoms with Gasteiger partial charge in [-0.2, -0.15) is 0 Å². The van der Waals surface area contributed by atoms with Gasteiger partial charge in [0.05, 0.1) is 12.5 Å². The average molecular weight is 171 g/mol. The van der Waals surface area contributed by atoms with Crippen LogP contribution >= 0.6 is 0 Å². The van der Waals surface area contributed by atoms with Crippen LogP contribution in [0.4, 0.5) is 0 Å². The molecule has 0 aromatic rings. The van der Waals surface area contributed by atoms with Gasteiger partial charge >= 0.3 is 5.97 Å². The van der Waals surface area contributed by atoms with E-state index < -0.39 is 5.97 Å². The molecular formula is C8H13NO3. The van der Waals surface area contributed by atoms with Gasteiger partial charge in [-0.15, -0.1) is 0 Å². The third-order valence-corrected chi connectivity index (χ3v) is 2.06. The van der Waals surface area contributed by atoms with Gasteiger partial charge in [-0.25, -0.2) is 0 Å². The molecule has 1 amide bonds. The molecule has 1 saturated heterocycles. The molecule has 1 unspecified atom stereocenters. The number of hydrogen-bond acceptors (Lipinski definition) is 2. The molecule has 1 atom stereocenters. The van der Waals surface area contributed by atoms with Crippen molar-refractivity contribution < 1.29 is 14.7 Å². The SMILES string of the molecule is CC(C)N1C(=O)CC1CC(=O)O. The Morgan fingerprint density at radius 3 is 2.67 bits per heavy atom. The van der Waals surface area contributed by atoms with Crippen LogP contribution in [0.3, 0.4) is 0 Å². The molecule has 0 aromatic carbocycles. The van der Waals surface area contributed by atoms with Crippen molar-refractivity contribution >= 4 is 11.9 Å². The molecule has 68 valence electrons. The lowest BCUT2D eigenvalue weighted by Gasteiger charge is -2.42. The number of carbonyl (C=O) groups is 2. The van der Waals surface area contributed by atoms with Gasteiger partial charge in [-0.1, -0.05) is 0 Å². The van der Waals surface area contributed by atoms with E-state index >= 15 is 0 Å². The van der Waals surface area contributed by atoms with Gasteiger partial charge in [-0.3, -0.25) is 9.59 Å². The van der Waals surface area contributed by atoms with Crippen LogP contribution in [0, 0.1) is 0 Å². The second kappa shape index (κ2) is 3.13. The average Bonchev–Trinajstić information content (AvgIpc) is 1.82. The van der Waals surface area contributed by atoms with Crippen LogP contribution in [0.1, 0.15) is 26.7 Å². The van der Waals surface area contributed by atoms with E-state index in [1.807, 2.05) is 13.8 Å². The molecule has 0 aromatic heterocycles. The first-order valence-corrected chi connectivity index (χ1v) is 4.05. The number of carboxylic acids is 1. The Morgan fingerprint density at radius 2 is 2.33 bits per heavy atom. The van der Waals surface area contributed by atoms with Gasteiger partial charge in [0.25, 0.3) is 0 Å². The summed E-state index contributed by atoms with van der Waals surface area (Å²) in [6, 6.07) is 0.0469. The van der Waals surface area contributed by atoms with Crippen molar-refractivity contribution in [2.45, 2.75) is 38.8 Å². The fourth-order valence-corrected chi connectivity index (χ4v) is 1.58. The molecule has 1 rings (SSSR count). The first-order valence-electron chi connectivity index (χ1n) is 4.05. The number of carboxylic acid groups (broad SMARTS) is 1. The topological polar surface area (TPSA) is 57.6 Å². The van der Waals surface area contributed by atoms with Crippen molar-refractivity contribution in [3.05, 3.63) is 0 Å². The van der Waals surface area contributed by atoms with Gasteiger partial charge < -0.3 is 10.0 Å². The number of rotatable bonds is 3. The highest BCUT2D eigenvalue weighted by Gasteiger charge is 2.38. The Kier molecular flexibility index (Phi) is 2.35. The zero-order chi connectivity index (χ0) is 9.30. The van der Waals surface area contributed by atoms with Crippen LogP contribution in [0.2, 0.25) is 0 Å². The third-order valence-electron chi connectivity index (χ3n) is 2.06. The lowest BCUT2D eigenvalue weighted by atomic mass is 9.96. The van der Waals surface area contributed by atoms with E-state index in [0.29, 0.717) is 6.42 Å². The Labute approximate surface area is 71.2 Å². The van der Waals surface area contributed by atoms with E-state index in [1.165, 1.54) is 0 Å². The van der Waals surface area contributed by atoms with Crippen molar-refractivity contribution in [2.24, 2.45) is 0 Å². The number of β-lactam (4-membered cyclic amide) rings is 1. The van der Waals surface area contributed by atoms with E-state index in [4.69, 9.17) is 5.11 Å². The summed E-state index contributed by atoms with van der Waals surface area (Å²) in [5.41, 5.74) is 0. The smallest absolute Gasteiger partial charge is 0.305 e. The van der Waals surface area contributed by atoms with Gasteiger partial charge in [0.2, 0.25) is 5.91 Å². The third kappa shape index (κ3) is 1.57. The molecule has 1 N–H and O–H groups in total. The molecular weight excluding hydrogens is 158 g/mol. The second-order valence-electron chi connectivity index (χ2n) is 3.35. The molecule has 1 heterocycles. The Bertz CT molecular complexity index is 212. The molecule has 0 saturated carbocycles. The van der Waals surface area contributed by atoms with Crippen molar-refractivity contribution in [1.82, 2.24) is 4.90 Å². The molecule has 1 aliphatic rings. The van der Waals surface area contributed by atoms with Gasteiger partial charge in [0.15, 0.2) is 0 Å².